The maximum absolute atomic E-state index is 2.43. The molecule has 0 saturated carbocycles. The first kappa shape index (κ1) is 30.0. The second kappa shape index (κ2) is 12.2. The third-order valence-corrected chi connectivity index (χ3v) is 10.3. The van der Waals surface area contributed by atoms with E-state index in [-0.39, 0.29) is 0 Å². The van der Waals surface area contributed by atoms with Crippen LogP contribution in [0.3, 0.4) is 0 Å². The molecule has 0 radical (unpaired) electrons. The van der Waals surface area contributed by atoms with E-state index in [1.54, 1.807) is 0 Å². The average molecular weight is 666 g/mol. The SMILES string of the molecule is Cc1cc(N(c2ccccc2)c2ccccc2)cc(-n2c3ccccc3c3cc(-c4ccc5c(c4)c4ccccc4n5-c4ccccc4)ccc32)c1. The first-order valence-electron chi connectivity index (χ1n) is 17.9. The maximum atomic E-state index is 2.43. The van der Waals surface area contributed by atoms with Crippen LogP contribution in [0.1, 0.15) is 5.56 Å². The number of hydrogen-bond acceptors (Lipinski definition) is 1. The number of fused-ring (bicyclic) bond motifs is 6. The molecule has 0 fully saturated rings. The minimum Gasteiger partial charge on any atom is -0.310 e. The third kappa shape index (κ3) is 4.90. The molecular weight excluding hydrogens is 631 g/mol. The first-order valence-corrected chi connectivity index (χ1v) is 17.9. The molecule has 0 aliphatic carbocycles. The minimum absolute atomic E-state index is 1.12. The van der Waals surface area contributed by atoms with E-state index in [0.29, 0.717) is 0 Å². The molecule has 0 aliphatic heterocycles. The molecule has 0 N–H and O–H groups in total. The van der Waals surface area contributed by atoms with Gasteiger partial charge in [-0.3, -0.25) is 0 Å². The summed E-state index contributed by atoms with van der Waals surface area (Å²) in [5, 5.41) is 5.00. The van der Waals surface area contributed by atoms with Crippen molar-refractivity contribution < 1.29 is 0 Å². The number of hydrogen-bond donors (Lipinski definition) is 0. The highest BCUT2D eigenvalue weighted by atomic mass is 15.1. The molecule has 52 heavy (non-hydrogen) atoms. The highest BCUT2D eigenvalue weighted by Crippen LogP contribution is 2.40. The number of benzene rings is 8. The zero-order valence-corrected chi connectivity index (χ0v) is 28.8. The zero-order valence-electron chi connectivity index (χ0n) is 28.8. The topological polar surface area (TPSA) is 13.1 Å². The van der Waals surface area contributed by atoms with Gasteiger partial charge in [0.05, 0.1) is 22.1 Å². The van der Waals surface area contributed by atoms with E-state index in [1.165, 1.54) is 66.0 Å². The van der Waals surface area contributed by atoms with Gasteiger partial charge in [-0.25, -0.2) is 0 Å². The molecule has 3 heteroatoms. The van der Waals surface area contributed by atoms with Crippen molar-refractivity contribution in [1.82, 2.24) is 9.13 Å². The van der Waals surface area contributed by atoms with E-state index in [1.807, 2.05) is 0 Å². The summed E-state index contributed by atoms with van der Waals surface area (Å²) in [7, 11) is 0. The Balaban J connectivity index is 1.14. The molecule has 246 valence electrons. The van der Waals surface area contributed by atoms with Gasteiger partial charge in [0.1, 0.15) is 0 Å². The van der Waals surface area contributed by atoms with Crippen LogP contribution in [0.25, 0.3) is 66.1 Å². The van der Waals surface area contributed by atoms with E-state index in [4.69, 9.17) is 0 Å². The fourth-order valence-electron chi connectivity index (χ4n) is 8.04. The van der Waals surface area contributed by atoms with Gasteiger partial charge >= 0.3 is 0 Å². The van der Waals surface area contributed by atoms with Gasteiger partial charge in [0.25, 0.3) is 0 Å². The normalized spacial score (nSPS) is 11.6. The second-order valence-electron chi connectivity index (χ2n) is 13.5. The highest BCUT2D eigenvalue weighted by molar-refractivity contribution is 6.12. The lowest BCUT2D eigenvalue weighted by atomic mass is 10.0. The number of rotatable bonds is 6. The number of anilines is 3. The first-order chi connectivity index (χ1) is 25.7. The summed E-state index contributed by atoms with van der Waals surface area (Å²) in [4.78, 5) is 2.34. The fraction of sp³-hybridized carbons (Fsp3) is 0.0204. The van der Waals surface area contributed by atoms with Gasteiger partial charge in [0.2, 0.25) is 0 Å². The van der Waals surface area contributed by atoms with Crippen LogP contribution in [0.15, 0.2) is 194 Å². The van der Waals surface area contributed by atoms with Crippen LogP contribution in [0.2, 0.25) is 0 Å². The Hall–Kier alpha value is -6.84. The summed E-state index contributed by atoms with van der Waals surface area (Å²) in [6.45, 7) is 2.19. The van der Waals surface area contributed by atoms with Crippen molar-refractivity contribution in [3.63, 3.8) is 0 Å². The lowest BCUT2D eigenvalue weighted by Crippen LogP contribution is -2.10. The van der Waals surface area contributed by atoms with Gasteiger partial charge in [0, 0.05) is 50.0 Å². The second-order valence-corrected chi connectivity index (χ2v) is 13.5. The summed E-state index contributed by atoms with van der Waals surface area (Å²) in [6.07, 6.45) is 0. The van der Waals surface area contributed by atoms with Crippen LogP contribution in [0, 0.1) is 6.92 Å². The Kier molecular flexibility index (Phi) is 7.04. The molecule has 0 saturated heterocycles. The largest absolute Gasteiger partial charge is 0.310 e. The van der Waals surface area contributed by atoms with Gasteiger partial charge in [-0.05, 0) is 115 Å². The average Bonchev–Trinajstić information content (AvgIpc) is 3.71. The molecule has 0 amide bonds. The summed E-state index contributed by atoms with van der Waals surface area (Å²) in [6, 6.07) is 70.2. The molecule has 10 rings (SSSR count). The van der Waals surface area contributed by atoms with Crippen LogP contribution >= 0.6 is 0 Å². The van der Waals surface area contributed by atoms with Crippen molar-refractivity contribution in [2.75, 3.05) is 4.90 Å². The monoisotopic (exact) mass is 665 g/mol. The minimum atomic E-state index is 1.12. The molecule has 3 nitrogen and oxygen atoms in total. The third-order valence-electron chi connectivity index (χ3n) is 10.3. The Morgan fingerprint density at radius 2 is 0.769 bits per heavy atom. The summed E-state index contributed by atoms with van der Waals surface area (Å²) < 4.78 is 4.80. The van der Waals surface area contributed by atoms with Gasteiger partial charge < -0.3 is 14.0 Å². The Morgan fingerprint density at radius 1 is 0.327 bits per heavy atom. The molecule has 0 bridgehead atoms. The van der Waals surface area contributed by atoms with Gasteiger partial charge in [-0.15, -0.1) is 0 Å². The van der Waals surface area contributed by atoms with E-state index in [0.717, 1.165) is 22.7 Å². The van der Waals surface area contributed by atoms with Crippen molar-refractivity contribution in [2.24, 2.45) is 0 Å². The van der Waals surface area contributed by atoms with Crippen LogP contribution in [-0.4, -0.2) is 9.13 Å². The standard InChI is InChI=1S/C49H35N3/c1-34-29-40(50(37-15-5-2-6-16-37)38-17-7-3-8-18-38)33-41(30-34)52-47-24-14-12-22-43(47)45-32-36(26-28-49(45)52)35-25-27-48-44(31-35)42-21-11-13-23-46(42)51(48)39-19-9-4-10-20-39/h2-33H,1H3. The molecule has 0 aliphatic rings. The van der Waals surface area contributed by atoms with Crippen LogP contribution in [-0.2, 0) is 0 Å². The lowest BCUT2D eigenvalue weighted by Gasteiger charge is -2.26. The maximum Gasteiger partial charge on any atom is 0.0541 e. The molecular formula is C49H35N3. The van der Waals surface area contributed by atoms with Crippen LogP contribution in [0.5, 0.6) is 0 Å². The van der Waals surface area contributed by atoms with E-state index < -0.39 is 0 Å². The number of nitrogens with zero attached hydrogens (tertiary/aromatic N) is 3. The van der Waals surface area contributed by atoms with Crippen molar-refractivity contribution in [3.05, 3.63) is 200 Å². The van der Waals surface area contributed by atoms with Crippen molar-refractivity contribution in [2.45, 2.75) is 6.92 Å². The van der Waals surface area contributed by atoms with E-state index in [9.17, 15) is 0 Å². The molecule has 8 aromatic carbocycles. The predicted octanol–water partition coefficient (Wildman–Crippen LogP) is 13.3. The summed E-state index contributed by atoms with van der Waals surface area (Å²) in [5.74, 6) is 0. The molecule has 0 atom stereocenters. The number of aryl methyl sites for hydroxylation is 1. The van der Waals surface area contributed by atoms with Gasteiger partial charge in [0.15, 0.2) is 0 Å². The molecule has 0 spiro atoms. The van der Waals surface area contributed by atoms with Crippen molar-refractivity contribution >= 4 is 60.7 Å². The molecule has 0 unspecified atom stereocenters. The van der Waals surface area contributed by atoms with E-state index in [2.05, 4.69) is 215 Å². The van der Waals surface area contributed by atoms with E-state index >= 15 is 0 Å². The molecule has 2 heterocycles. The van der Waals surface area contributed by atoms with Crippen LogP contribution in [0.4, 0.5) is 17.1 Å². The van der Waals surface area contributed by atoms with Crippen LogP contribution < -0.4 is 4.90 Å². The quantitative estimate of drug-likeness (QED) is 0.172. The fourth-order valence-corrected chi connectivity index (χ4v) is 8.04. The van der Waals surface area contributed by atoms with Gasteiger partial charge in [-0.2, -0.15) is 0 Å². The van der Waals surface area contributed by atoms with Gasteiger partial charge in [-0.1, -0.05) is 103 Å². The molecule has 2 aromatic heterocycles. The summed E-state index contributed by atoms with van der Waals surface area (Å²) in [5.41, 5.74) is 14.1. The Labute approximate surface area is 302 Å². The summed E-state index contributed by atoms with van der Waals surface area (Å²) >= 11 is 0. The number of aromatic nitrogens is 2. The lowest BCUT2D eigenvalue weighted by molar-refractivity contribution is 1.16. The smallest absolute Gasteiger partial charge is 0.0541 e. The molecule has 10 aromatic rings. The Morgan fingerprint density at radius 3 is 1.31 bits per heavy atom. The predicted molar refractivity (Wildman–Crippen MR) is 220 cm³/mol. The zero-order chi connectivity index (χ0) is 34.6. The van der Waals surface area contributed by atoms with Crippen molar-refractivity contribution in [1.29, 1.82) is 0 Å². The van der Waals surface area contributed by atoms with Crippen molar-refractivity contribution in [3.8, 4) is 22.5 Å². The highest BCUT2D eigenvalue weighted by Gasteiger charge is 2.18. The number of para-hydroxylation sites is 5. The Bertz CT molecular complexity index is 2860.